The average molecular weight is 265 g/mol. The molecule has 0 saturated carbocycles. The van der Waals surface area contributed by atoms with E-state index in [1.54, 1.807) is 6.07 Å². The lowest BCUT2D eigenvalue weighted by Crippen LogP contribution is -2.25. The largest absolute Gasteiger partial charge is 0.384 e. The van der Waals surface area contributed by atoms with Crippen LogP contribution in [-0.2, 0) is 10.0 Å². The number of rotatable bonds is 1. The highest BCUT2D eigenvalue weighted by Gasteiger charge is 2.29. The Hall–Kier alpha value is -1.51. The second-order valence-corrected chi connectivity index (χ2v) is 6.22. The van der Waals surface area contributed by atoms with Crippen molar-refractivity contribution >= 4 is 15.7 Å². The first kappa shape index (κ1) is 12.9. The number of aliphatic hydroxyl groups is 1. The van der Waals surface area contributed by atoms with Crippen LogP contribution in [0.3, 0.4) is 0 Å². The lowest BCUT2D eigenvalue weighted by atomic mass is 10.1. The molecule has 1 aliphatic rings. The van der Waals surface area contributed by atoms with Gasteiger partial charge in [-0.1, -0.05) is 17.9 Å². The van der Waals surface area contributed by atoms with Crippen LogP contribution in [0.4, 0.5) is 5.69 Å². The molecule has 1 N–H and O–H groups in total. The van der Waals surface area contributed by atoms with Gasteiger partial charge < -0.3 is 5.11 Å². The molecule has 0 aromatic heterocycles. The fourth-order valence-corrected chi connectivity index (χ4v) is 3.63. The highest BCUT2D eigenvalue weighted by molar-refractivity contribution is 7.93. The molecule has 2 rings (SSSR count). The molecule has 0 radical (unpaired) electrons. The summed E-state index contributed by atoms with van der Waals surface area (Å²) in [4.78, 5) is 0. The third-order valence-electron chi connectivity index (χ3n) is 2.89. The molecule has 1 aromatic rings. The van der Waals surface area contributed by atoms with Gasteiger partial charge >= 0.3 is 0 Å². The van der Waals surface area contributed by atoms with Crippen LogP contribution >= 0.6 is 0 Å². The summed E-state index contributed by atoms with van der Waals surface area (Å²) in [5, 5.41) is 8.67. The molecule has 0 atom stereocenters. The summed E-state index contributed by atoms with van der Waals surface area (Å²) >= 11 is 0. The predicted molar refractivity (Wildman–Crippen MR) is 70.9 cm³/mol. The molecule has 4 nitrogen and oxygen atoms in total. The summed E-state index contributed by atoms with van der Waals surface area (Å²) in [7, 11) is -3.16. The number of nitrogens with zero attached hydrogens (tertiary/aromatic N) is 1. The monoisotopic (exact) mass is 265 g/mol. The number of aryl methyl sites for hydroxylation is 1. The third kappa shape index (κ3) is 2.50. The predicted octanol–water partition coefficient (Wildman–Crippen LogP) is 0.879. The van der Waals surface area contributed by atoms with Crippen molar-refractivity contribution in [3.8, 4) is 11.8 Å². The fraction of sp³-hybridized carbons (Fsp3) is 0.385. The van der Waals surface area contributed by atoms with Gasteiger partial charge in [-0.3, -0.25) is 4.31 Å². The first-order valence-corrected chi connectivity index (χ1v) is 7.36. The number of aliphatic hydroxyl groups excluding tert-OH is 1. The molecular weight excluding hydrogens is 250 g/mol. The van der Waals surface area contributed by atoms with Crippen molar-refractivity contribution in [3.05, 3.63) is 29.3 Å². The lowest BCUT2D eigenvalue weighted by molar-refractivity contribution is 0.350. The van der Waals surface area contributed by atoms with Crippen LogP contribution in [-0.4, -0.2) is 32.4 Å². The van der Waals surface area contributed by atoms with E-state index in [-0.39, 0.29) is 12.4 Å². The van der Waals surface area contributed by atoms with Crippen LogP contribution in [0.25, 0.3) is 0 Å². The molecule has 0 unspecified atom stereocenters. The molecule has 1 fully saturated rings. The van der Waals surface area contributed by atoms with Crippen LogP contribution in [0.15, 0.2) is 18.2 Å². The van der Waals surface area contributed by atoms with Gasteiger partial charge in [0.25, 0.3) is 0 Å². The van der Waals surface area contributed by atoms with E-state index in [4.69, 9.17) is 5.11 Å². The van der Waals surface area contributed by atoms with Gasteiger partial charge in [0, 0.05) is 12.1 Å². The maximum absolute atomic E-state index is 11.9. The van der Waals surface area contributed by atoms with Gasteiger partial charge in [-0.25, -0.2) is 8.42 Å². The second kappa shape index (κ2) is 5.01. The number of hydrogen-bond acceptors (Lipinski definition) is 3. The Labute approximate surface area is 107 Å². The summed E-state index contributed by atoms with van der Waals surface area (Å²) in [5.41, 5.74) is 2.32. The quantitative estimate of drug-likeness (QED) is 0.767. The summed E-state index contributed by atoms with van der Waals surface area (Å²) in [5.74, 6) is 5.56. The highest BCUT2D eigenvalue weighted by atomic mass is 32.2. The molecule has 0 aliphatic carbocycles. The van der Waals surface area contributed by atoms with Crippen LogP contribution < -0.4 is 4.31 Å². The minimum atomic E-state index is -3.16. The Morgan fingerprint density at radius 3 is 2.83 bits per heavy atom. The van der Waals surface area contributed by atoms with Crippen molar-refractivity contribution < 1.29 is 13.5 Å². The second-order valence-electron chi connectivity index (χ2n) is 4.20. The smallest absolute Gasteiger partial charge is 0.235 e. The van der Waals surface area contributed by atoms with E-state index >= 15 is 0 Å². The van der Waals surface area contributed by atoms with Crippen molar-refractivity contribution in [2.45, 2.75) is 13.3 Å². The molecule has 0 spiro atoms. The van der Waals surface area contributed by atoms with Crippen LogP contribution in [0.2, 0.25) is 0 Å². The topological polar surface area (TPSA) is 57.6 Å². The number of benzene rings is 1. The molecule has 0 bridgehead atoms. The molecule has 96 valence electrons. The van der Waals surface area contributed by atoms with Gasteiger partial charge in [-0.05, 0) is 31.0 Å². The molecule has 0 amide bonds. The van der Waals surface area contributed by atoms with E-state index in [1.807, 2.05) is 19.1 Å². The SMILES string of the molecule is Cc1ccc(C#CCO)cc1N1CCCS1(=O)=O. The first-order chi connectivity index (χ1) is 8.54. The molecule has 1 aromatic carbocycles. The minimum absolute atomic E-state index is 0.203. The van der Waals surface area contributed by atoms with E-state index < -0.39 is 10.0 Å². The van der Waals surface area contributed by atoms with E-state index in [0.717, 1.165) is 5.56 Å². The fourth-order valence-electron chi connectivity index (χ4n) is 2.01. The van der Waals surface area contributed by atoms with Crippen LogP contribution in [0.1, 0.15) is 17.5 Å². The minimum Gasteiger partial charge on any atom is -0.384 e. The zero-order valence-corrected chi connectivity index (χ0v) is 11.0. The summed E-state index contributed by atoms with van der Waals surface area (Å²) in [6.07, 6.45) is 0.661. The molecule has 18 heavy (non-hydrogen) atoms. The Bertz CT molecular complexity index is 611. The van der Waals surface area contributed by atoms with Crippen molar-refractivity contribution in [2.75, 3.05) is 23.2 Å². The van der Waals surface area contributed by atoms with Gasteiger partial charge in [0.2, 0.25) is 10.0 Å². The summed E-state index contributed by atoms with van der Waals surface area (Å²) < 4.78 is 25.2. The molecular formula is C13H15NO3S. The van der Waals surface area contributed by atoms with E-state index in [0.29, 0.717) is 24.2 Å². The third-order valence-corrected chi connectivity index (χ3v) is 4.74. The average Bonchev–Trinajstić information content (AvgIpc) is 2.68. The first-order valence-electron chi connectivity index (χ1n) is 5.75. The van der Waals surface area contributed by atoms with Gasteiger partial charge in [0.05, 0.1) is 11.4 Å². The normalized spacial score (nSPS) is 17.3. The Kier molecular flexibility index (Phi) is 3.60. The highest BCUT2D eigenvalue weighted by Crippen LogP contribution is 2.28. The van der Waals surface area contributed by atoms with Gasteiger partial charge in [-0.2, -0.15) is 0 Å². The molecule has 5 heteroatoms. The van der Waals surface area contributed by atoms with Gasteiger partial charge in [-0.15, -0.1) is 0 Å². The van der Waals surface area contributed by atoms with Gasteiger partial charge in [0.1, 0.15) is 6.61 Å². The summed E-state index contributed by atoms with van der Waals surface area (Å²) in [6, 6.07) is 5.44. The zero-order valence-electron chi connectivity index (χ0n) is 10.2. The standard InChI is InChI=1S/C13H15NO3S/c1-11-5-6-12(4-2-8-15)10-13(11)14-7-3-9-18(14,16)17/h5-6,10,15H,3,7-9H2,1H3. The number of sulfonamides is 1. The lowest BCUT2D eigenvalue weighted by Gasteiger charge is -2.19. The Balaban J connectivity index is 2.44. The van der Waals surface area contributed by atoms with Crippen molar-refractivity contribution in [3.63, 3.8) is 0 Å². The van der Waals surface area contributed by atoms with Crippen molar-refractivity contribution in [1.82, 2.24) is 0 Å². The molecule has 1 saturated heterocycles. The maximum atomic E-state index is 11.9. The molecule has 1 aliphatic heterocycles. The van der Waals surface area contributed by atoms with E-state index in [1.165, 1.54) is 4.31 Å². The van der Waals surface area contributed by atoms with Crippen LogP contribution in [0.5, 0.6) is 0 Å². The van der Waals surface area contributed by atoms with Gasteiger partial charge in [0.15, 0.2) is 0 Å². The summed E-state index contributed by atoms with van der Waals surface area (Å²) in [6.45, 7) is 2.21. The number of anilines is 1. The maximum Gasteiger partial charge on any atom is 0.235 e. The van der Waals surface area contributed by atoms with Crippen molar-refractivity contribution in [1.29, 1.82) is 0 Å². The molecule has 1 heterocycles. The van der Waals surface area contributed by atoms with E-state index in [2.05, 4.69) is 11.8 Å². The Morgan fingerprint density at radius 2 is 2.22 bits per heavy atom. The number of hydrogen-bond donors (Lipinski definition) is 1. The van der Waals surface area contributed by atoms with Crippen molar-refractivity contribution in [2.24, 2.45) is 0 Å². The van der Waals surface area contributed by atoms with Crippen LogP contribution in [0, 0.1) is 18.8 Å². The van der Waals surface area contributed by atoms with E-state index in [9.17, 15) is 8.42 Å². The zero-order chi connectivity index (χ0) is 13.2. The Morgan fingerprint density at radius 1 is 1.44 bits per heavy atom.